The lowest BCUT2D eigenvalue weighted by Crippen LogP contribution is -2.23. The molecular formula is C18H18N2OS2. The van der Waals surface area contributed by atoms with E-state index >= 15 is 0 Å². The molecule has 0 aliphatic heterocycles. The van der Waals surface area contributed by atoms with Crippen molar-refractivity contribution in [3.05, 3.63) is 63.3 Å². The Morgan fingerprint density at radius 3 is 2.83 bits per heavy atom. The number of aryl methyl sites for hydroxylation is 2. The molecule has 1 N–H and O–H groups in total. The van der Waals surface area contributed by atoms with E-state index in [1.165, 1.54) is 10.4 Å². The van der Waals surface area contributed by atoms with Crippen LogP contribution in [0.3, 0.4) is 0 Å². The predicted octanol–water partition coefficient (Wildman–Crippen LogP) is 4.43. The number of amides is 1. The van der Waals surface area contributed by atoms with E-state index in [1.807, 2.05) is 23.6 Å². The van der Waals surface area contributed by atoms with Crippen LogP contribution < -0.4 is 5.32 Å². The van der Waals surface area contributed by atoms with Crippen molar-refractivity contribution >= 4 is 28.6 Å². The Hall–Kier alpha value is -1.98. The standard InChI is InChI=1S/C18H18N2OS2/c1-13-8-11-23-15(13)6-7-17(21)20-12-14-4-2-9-19-18(14)16-5-3-10-22-16/h2-5,8-11H,6-7,12H2,1H3,(H,20,21). The van der Waals surface area contributed by atoms with Gasteiger partial charge in [0, 0.05) is 24.0 Å². The SMILES string of the molecule is Cc1ccsc1CCC(=O)NCc1cccnc1-c1cccs1. The van der Waals surface area contributed by atoms with Gasteiger partial charge in [-0.3, -0.25) is 9.78 Å². The highest BCUT2D eigenvalue weighted by atomic mass is 32.1. The number of nitrogens with zero attached hydrogens (tertiary/aromatic N) is 1. The van der Waals surface area contributed by atoms with Crippen molar-refractivity contribution in [2.24, 2.45) is 0 Å². The van der Waals surface area contributed by atoms with Gasteiger partial charge in [-0.2, -0.15) is 0 Å². The summed E-state index contributed by atoms with van der Waals surface area (Å²) >= 11 is 3.38. The summed E-state index contributed by atoms with van der Waals surface area (Å²) in [5, 5.41) is 7.13. The van der Waals surface area contributed by atoms with Crippen LogP contribution in [0.5, 0.6) is 0 Å². The molecule has 0 aliphatic rings. The quantitative estimate of drug-likeness (QED) is 0.720. The monoisotopic (exact) mass is 342 g/mol. The normalized spacial score (nSPS) is 10.7. The molecule has 0 fully saturated rings. The summed E-state index contributed by atoms with van der Waals surface area (Å²) in [6, 6.07) is 10.1. The van der Waals surface area contributed by atoms with Gasteiger partial charge in [0.15, 0.2) is 0 Å². The lowest BCUT2D eigenvalue weighted by molar-refractivity contribution is -0.121. The molecule has 0 radical (unpaired) electrons. The molecule has 0 atom stereocenters. The van der Waals surface area contributed by atoms with E-state index in [4.69, 9.17) is 0 Å². The molecule has 3 heterocycles. The minimum Gasteiger partial charge on any atom is -0.352 e. The summed E-state index contributed by atoms with van der Waals surface area (Å²) in [6.45, 7) is 2.61. The van der Waals surface area contributed by atoms with Crippen molar-refractivity contribution < 1.29 is 4.79 Å². The van der Waals surface area contributed by atoms with Crippen LogP contribution in [0.4, 0.5) is 0 Å². The van der Waals surface area contributed by atoms with Gasteiger partial charge in [0.25, 0.3) is 0 Å². The first-order valence-corrected chi connectivity index (χ1v) is 9.27. The molecule has 1 amide bonds. The minimum absolute atomic E-state index is 0.0822. The molecule has 5 heteroatoms. The number of carbonyl (C=O) groups is 1. The molecular weight excluding hydrogens is 324 g/mol. The molecule has 0 aliphatic carbocycles. The summed E-state index contributed by atoms with van der Waals surface area (Å²) in [4.78, 5) is 19.0. The van der Waals surface area contributed by atoms with E-state index in [2.05, 4.69) is 34.7 Å². The third kappa shape index (κ3) is 4.06. The Bertz CT molecular complexity index is 778. The maximum atomic E-state index is 12.1. The second kappa shape index (κ2) is 7.53. The van der Waals surface area contributed by atoms with Crippen LogP contribution >= 0.6 is 22.7 Å². The Balaban J connectivity index is 1.58. The zero-order valence-electron chi connectivity index (χ0n) is 12.9. The van der Waals surface area contributed by atoms with Crippen molar-refractivity contribution in [1.29, 1.82) is 0 Å². The van der Waals surface area contributed by atoms with Gasteiger partial charge in [-0.05, 0) is 53.4 Å². The van der Waals surface area contributed by atoms with E-state index in [1.54, 1.807) is 28.9 Å². The highest BCUT2D eigenvalue weighted by Gasteiger charge is 2.09. The first-order chi connectivity index (χ1) is 11.2. The van der Waals surface area contributed by atoms with Gasteiger partial charge in [-0.1, -0.05) is 12.1 Å². The molecule has 118 valence electrons. The van der Waals surface area contributed by atoms with Crippen LogP contribution in [-0.4, -0.2) is 10.9 Å². The van der Waals surface area contributed by atoms with Crippen LogP contribution in [-0.2, 0) is 17.8 Å². The molecule has 0 bridgehead atoms. The van der Waals surface area contributed by atoms with Gasteiger partial charge in [0.1, 0.15) is 0 Å². The van der Waals surface area contributed by atoms with E-state index in [0.717, 1.165) is 22.6 Å². The highest BCUT2D eigenvalue weighted by molar-refractivity contribution is 7.13. The van der Waals surface area contributed by atoms with Crippen LogP contribution in [0, 0.1) is 6.92 Å². The molecule has 0 saturated heterocycles. The number of nitrogens with one attached hydrogen (secondary N) is 1. The Morgan fingerprint density at radius 2 is 2.09 bits per heavy atom. The molecule has 3 rings (SSSR count). The Kier molecular flexibility index (Phi) is 5.20. The summed E-state index contributed by atoms with van der Waals surface area (Å²) < 4.78 is 0. The molecule has 3 aromatic rings. The van der Waals surface area contributed by atoms with E-state index in [9.17, 15) is 4.79 Å². The molecule has 0 aromatic carbocycles. The summed E-state index contributed by atoms with van der Waals surface area (Å²) in [7, 11) is 0. The van der Waals surface area contributed by atoms with Crippen LogP contribution in [0.2, 0.25) is 0 Å². The first kappa shape index (κ1) is 15.9. The maximum Gasteiger partial charge on any atom is 0.220 e. The Labute approximate surface area is 144 Å². The van der Waals surface area contributed by atoms with Crippen molar-refractivity contribution in [2.75, 3.05) is 0 Å². The van der Waals surface area contributed by atoms with Gasteiger partial charge < -0.3 is 5.32 Å². The van der Waals surface area contributed by atoms with Gasteiger partial charge in [0.05, 0.1) is 10.6 Å². The minimum atomic E-state index is 0.0822. The van der Waals surface area contributed by atoms with Crippen LogP contribution in [0.1, 0.15) is 22.4 Å². The van der Waals surface area contributed by atoms with Gasteiger partial charge in [-0.15, -0.1) is 22.7 Å². The molecule has 3 aromatic heterocycles. The first-order valence-electron chi connectivity index (χ1n) is 7.51. The zero-order valence-corrected chi connectivity index (χ0v) is 14.5. The number of hydrogen-bond donors (Lipinski definition) is 1. The van der Waals surface area contributed by atoms with Gasteiger partial charge in [0.2, 0.25) is 5.91 Å². The van der Waals surface area contributed by atoms with E-state index in [-0.39, 0.29) is 5.91 Å². The lowest BCUT2D eigenvalue weighted by atomic mass is 10.1. The molecule has 3 nitrogen and oxygen atoms in total. The van der Waals surface area contributed by atoms with Crippen LogP contribution in [0.15, 0.2) is 47.3 Å². The van der Waals surface area contributed by atoms with Gasteiger partial charge in [-0.25, -0.2) is 0 Å². The maximum absolute atomic E-state index is 12.1. The van der Waals surface area contributed by atoms with Crippen molar-refractivity contribution in [1.82, 2.24) is 10.3 Å². The fourth-order valence-corrected chi connectivity index (χ4v) is 4.05. The summed E-state index contributed by atoms with van der Waals surface area (Å²) in [6.07, 6.45) is 3.12. The number of pyridine rings is 1. The largest absolute Gasteiger partial charge is 0.352 e. The zero-order chi connectivity index (χ0) is 16.1. The van der Waals surface area contributed by atoms with Gasteiger partial charge >= 0.3 is 0 Å². The molecule has 0 saturated carbocycles. The highest BCUT2D eigenvalue weighted by Crippen LogP contribution is 2.25. The number of rotatable bonds is 6. The molecule has 0 spiro atoms. The van der Waals surface area contributed by atoms with Crippen LogP contribution in [0.25, 0.3) is 10.6 Å². The fourth-order valence-electron chi connectivity index (χ4n) is 2.39. The number of hydrogen-bond acceptors (Lipinski definition) is 4. The molecule has 0 unspecified atom stereocenters. The lowest BCUT2D eigenvalue weighted by Gasteiger charge is -2.09. The van der Waals surface area contributed by atoms with Crippen molar-refractivity contribution in [3.8, 4) is 10.6 Å². The molecule has 23 heavy (non-hydrogen) atoms. The van der Waals surface area contributed by atoms with Crippen molar-refractivity contribution in [2.45, 2.75) is 26.3 Å². The number of carbonyl (C=O) groups excluding carboxylic acids is 1. The second-order valence-corrected chi connectivity index (χ2v) is 7.24. The van der Waals surface area contributed by atoms with E-state index < -0.39 is 0 Å². The summed E-state index contributed by atoms with van der Waals surface area (Å²) in [5.74, 6) is 0.0822. The number of aromatic nitrogens is 1. The predicted molar refractivity (Wildman–Crippen MR) is 96.8 cm³/mol. The Morgan fingerprint density at radius 1 is 1.17 bits per heavy atom. The summed E-state index contributed by atoms with van der Waals surface area (Å²) in [5.41, 5.74) is 3.28. The average Bonchev–Trinajstić information content (AvgIpc) is 3.23. The van der Waals surface area contributed by atoms with E-state index in [0.29, 0.717) is 13.0 Å². The average molecular weight is 342 g/mol. The third-order valence-electron chi connectivity index (χ3n) is 3.67. The topological polar surface area (TPSA) is 42.0 Å². The third-order valence-corrected chi connectivity index (χ3v) is 5.63. The second-order valence-electron chi connectivity index (χ2n) is 5.29. The fraction of sp³-hybridized carbons (Fsp3) is 0.222. The number of thiophene rings is 2. The smallest absolute Gasteiger partial charge is 0.220 e. The van der Waals surface area contributed by atoms with Crippen molar-refractivity contribution in [3.63, 3.8) is 0 Å².